The number of benzene rings is 5. The van der Waals surface area contributed by atoms with Crippen molar-refractivity contribution >= 4 is 51.3 Å². The number of carbonyl (C=O) groups excluding carboxylic acids is 1. The molecule has 1 aliphatic heterocycles. The van der Waals surface area contributed by atoms with E-state index in [-0.39, 0.29) is 23.4 Å². The zero-order chi connectivity index (χ0) is 45.5. The van der Waals surface area contributed by atoms with Crippen LogP contribution < -0.4 is 25.0 Å². The van der Waals surface area contributed by atoms with Crippen LogP contribution in [0.1, 0.15) is 58.6 Å². The topological polar surface area (TPSA) is 106 Å². The first-order valence-corrected chi connectivity index (χ1v) is 21.4. The van der Waals surface area contributed by atoms with Crippen LogP contribution in [0.2, 0.25) is 5.02 Å². The molecule has 1 fully saturated rings. The Hall–Kier alpha value is -7.19. The molecule has 0 atom stereocenters. The zero-order valence-corrected chi connectivity index (χ0v) is 36.2. The van der Waals surface area contributed by atoms with E-state index in [2.05, 4.69) is 47.4 Å². The summed E-state index contributed by atoms with van der Waals surface area (Å²) in [4.78, 5) is 28.2. The fourth-order valence-corrected chi connectivity index (χ4v) is 7.83. The first-order chi connectivity index (χ1) is 31.4. The first-order valence-electron chi connectivity index (χ1n) is 21.0. The molecule has 4 heterocycles. The van der Waals surface area contributed by atoms with E-state index >= 15 is 0 Å². The van der Waals surface area contributed by atoms with Crippen LogP contribution in [0.3, 0.4) is 0 Å². The van der Waals surface area contributed by atoms with Gasteiger partial charge in [0.2, 0.25) is 0 Å². The summed E-state index contributed by atoms with van der Waals surface area (Å²) in [6, 6.07) is 37.8. The van der Waals surface area contributed by atoms with Gasteiger partial charge in [0.1, 0.15) is 46.6 Å². The molecule has 0 aliphatic carbocycles. The summed E-state index contributed by atoms with van der Waals surface area (Å²) < 4.78 is 62.1. The number of halogens is 5. The predicted molar refractivity (Wildman–Crippen MR) is 245 cm³/mol. The number of carbonyl (C=O) groups is 1. The molecule has 0 unspecified atom stereocenters. The Labute approximate surface area is 377 Å². The average Bonchev–Trinajstić information content (AvgIpc) is 3.68. The molecule has 5 aromatic carbocycles. The minimum atomic E-state index is -4.68. The number of piperidine rings is 1. The van der Waals surface area contributed by atoms with Crippen molar-refractivity contribution in [1.82, 2.24) is 24.7 Å². The van der Waals surface area contributed by atoms with Crippen molar-refractivity contribution in [2.24, 2.45) is 0 Å². The van der Waals surface area contributed by atoms with Crippen molar-refractivity contribution in [3.8, 4) is 17.2 Å². The molecule has 1 aliphatic rings. The van der Waals surface area contributed by atoms with Gasteiger partial charge in [-0.25, -0.2) is 19.3 Å². The number of pyridine rings is 1. The average molecular weight is 902 g/mol. The molecular formula is C50H44ClF4N7O3. The summed E-state index contributed by atoms with van der Waals surface area (Å²) in [5, 5.41) is 7.53. The van der Waals surface area contributed by atoms with Crippen LogP contribution in [0.15, 0.2) is 140 Å². The summed E-state index contributed by atoms with van der Waals surface area (Å²) >= 11 is 6.14. The van der Waals surface area contributed by atoms with Gasteiger partial charge in [0.25, 0.3) is 5.91 Å². The molecule has 0 saturated carbocycles. The second-order valence-corrected chi connectivity index (χ2v) is 15.9. The predicted octanol–water partition coefficient (Wildman–Crippen LogP) is 12.4. The Balaban J connectivity index is 0.000000192. The molecule has 8 aromatic rings. The maximum Gasteiger partial charge on any atom is 0.573 e. The Morgan fingerprint density at radius 2 is 1.51 bits per heavy atom. The van der Waals surface area contributed by atoms with Crippen molar-refractivity contribution in [1.29, 1.82) is 0 Å². The highest BCUT2D eigenvalue weighted by Crippen LogP contribution is 2.33. The Morgan fingerprint density at radius 1 is 0.831 bits per heavy atom. The molecule has 0 spiro atoms. The third-order valence-corrected chi connectivity index (χ3v) is 11.2. The SMILES string of the molecule is CCc1nc2ccc(Cl)cn2c1C(=O)NCc1ccc(N2CCC(c3ccc(OC(F)(F)F)cc3)CC2)cc1.Cc1ccc(Oc2ccc(Nc3ncnc4cc(F)ccc34)cc2)cc1. The van der Waals surface area contributed by atoms with Gasteiger partial charge in [-0.1, -0.05) is 60.5 Å². The summed E-state index contributed by atoms with van der Waals surface area (Å²) in [7, 11) is 0. The Kier molecular flexibility index (Phi) is 13.5. The van der Waals surface area contributed by atoms with Crippen LogP contribution in [-0.2, 0) is 13.0 Å². The maximum absolute atomic E-state index is 13.3. The van der Waals surface area contributed by atoms with E-state index in [1.165, 1.54) is 36.2 Å². The van der Waals surface area contributed by atoms with Crippen LogP contribution in [-0.4, -0.2) is 44.7 Å². The largest absolute Gasteiger partial charge is 0.573 e. The van der Waals surface area contributed by atoms with Gasteiger partial charge in [0, 0.05) is 48.7 Å². The smallest absolute Gasteiger partial charge is 0.457 e. The zero-order valence-electron chi connectivity index (χ0n) is 35.4. The number of nitrogens with one attached hydrogen (secondary N) is 2. The highest BCUT2D eigenvalue weighted by atomic mass is 35.5. The van der Waals surface area contributed by atoms with Crippen LogP contribution >= 0.6 is 11.6 Å². The van der Waals surface area contributed by atoms with Gasteiger partial charge in [-0.15, -0.1) is 13.2 Å². The summed E-state index contributed by atoms with van der Waals surface area (Å²) in [6.45, 7) is 6.07. The Bertz CT molecular complexity index is 2890. The normalized spacial score (nSPS) is 13.0. The third-order valence-electron chi connectivity index (χ3n) is 11.0. The van der Waals surface area contributed by atoms with E-state index < -0.39 is 6.36 Å². The van der Waals surface area contributed by atoms with Crippen molar-refractivity contribution in [3.05, 3.63) is 179 Å². The molecule has 15 heteroatoms. The number of anilines is 3. The fourth-order valence-electron chi connectivity index (χ4n) is 7.67. The van der Waals surface area contributed by atoms with Crippen LogP contribution in [0.25, 0.3) is 16.6 Å². The number of aromatic nitrogens is 4. The molecule has 1 amide bonds. The second-order valence-electron chi connectivity index (χ2n) is 15.5. The summed E-state index contributed by atoms with van der Waals surface area (Å²) in [5.41, 5.74) is 7.60. The molecule has 65 heavy (non-hydrogen) atoms. The second kappa shape index (κ2) is 19.7. The lowest BCUT2D eigenvalue weighted by atomic mass is 9.89. The lowest BCUT2D eigenvalue weighted by Gasteiger charge is -2.34. The van der Waals surface area contributed by atoms with E-state index in [9.17, 15) is 22.4 Å². The first kappa shape index (κ1) is 44.4. The van der Waals surface area contributed by atoms with E-state index in [1.54, 1.807) is 40.9 Å². The maximum atomic E-state index is 13.3. The summed E-state index contributed by atoms with van der Waals surface area (Å²) in [5.74, 6) is 1.73. The molecule has 1 saturated heterocycles. The number of alkyl halides is 3. The lowest BCUT2D eigenvalue weighted by molar-refractivity contribution is -0.274. The number of rotatable bonds is 11. The van der Waals surface area contributed by atoms with Gasteiger partial charge in [-0.3, -0.25) is 9.20 Å². The number of aryl methyl sites for hydroxylation is 2. The van der Waals surface area contributed by atoms with Gasteiger partial charge >= 0.3 is 6.36 Å². The van der Waals surface area contributed by atoms with Crippen molar-refractivity contribution < 1.29 is 31.8 Å². The number of hydrogen-bond donors (Lipinski definition) is 2. The van der Waals surface area contributed by atoms with E-state index in [0.717, 1.165) is 71.0 Å². The van der Waals surface area contributed by atoms with Gasteiger partial charge < -0.3 is 25.0 Å². The third kappa shape index (κ3) is 11.3. The molecule has 9 rings (SSSR count). The molecule has 332 valence electrons. The molecule has 3 aromatic heterocycles. The highest BCUT2D eigenvalue weighted by Gasteiger charge is 2.31. The molecule has 0 bridgehead atoms. The van der Waals surface area contributed by atoms with Gasteiger partial charge in [0.05, 0.1) is 16.2 Å². The van der Waals surface area contributed by atoms with Gasteiger partial charge in [-0.2, -0.15) is 0 Å². The number of ether oxygens (including phenoxy) is 2. The molecule has 10 nitrogen and oxygen atoms in total. The number of imidazole rings is 1. The lowest BCUT2D eigenvalue weighted by Crippen LogP contribution is -2.32. The van der Waals surface area contributed by atoms with Crippen LogP contribution in [0.5, 0.6) is 17.2 Å². The minimum absolute atomic E-state index is 0.200. The standard InChI is InChI=1S/C29H28ClF3N4O2.C21H16FN3O/c1-2-25-27(37-18-22(30)7-12-26(37)35-25)28(38)34-17-19-3-8-23(9-4-19)36-15-13-21(14-16-36)20-5-10-24(11-6-20)39-29(31,32)33;1-14-2-7-17(8-3-14)26-18-9-5-16(6-10-18)25-21-19-11-4-15(22)12-20(19)23-13-24-21/h3-12,18,21H,2,13-17H2,1H3,(H,34,38);2-13H,1H3,(H,23,24,25). The molecule has 0 radical (unpaired) electrons. The van der Waals surface area contributed by atoms with Crippen molar-refractivity contribution in [2.75, 3.05) is 23.3 Å². The van der Waals surface area contributed by atoms with E-state index in [0.29, 0.717) is 40.7 Å². The van der Waals surface area contributed by atoms with E-state index in [1.807, 2.05) is 74.5 Å². The number of fused-ring (bicyclic) bond motifs is 2. The van der Waals surface area contributed by atoms with Crippen LogP contribution in [0.4, 0.5) is 34.8 Å². The van der Waals surface area contributed by atoms with E-state index in [4.69, 9.17) is 16.3 Å². The fraction of sp³-hybridized carbons (Fsp3) is 0.200. The quantitative estimate of drug-likeness (QED) is 0.124. The van der Waals surface area contributed by atoms with Crippen molar-refractivity contribution in [2.45, 2.75) is 51.9 Å². The number of nitrogens with zero attached hydrogens (tertiary/aromatic N) is 5. The number of hydrogen-bond acceptors (Lipinski definition) is 8. The monoisotopic (exact) mass is 901 g/mol. The highest BCUT2D eigenvalue weighted by molar-refractivity contribution is 6.30. The van der Waals surface area contributed by atoms with Gasteiger partial charge in [0.15, 0.2) is 0 Å². The summed E-state index contributed by atoms with van der Waals surface area (Å²) in [6.07, 6.45) is 0.870. The van der Waals surface area contributed by atoms with Crippen molar-refractivity contribution in [3.63, 3.8) is 0 Å². The van der Waals surface area contributed by atoms with Crippen LogP contribution in [0, 0.1) is 12.7 Å². The molecule has 2 N–H and O–H groups in total. The van der Waals surface area contributed by atoms with Gasteiger partial charge in [-0.05, 0) is 128 Å². The number of amides is 1. The Morgan fingerprint density at radius 3 is 2.18 bits per heavy atom. The minimum Gasteiger partial charge on any atom is -0.457 e. The molecular weight excluding hydrogens is 858 g/mol.